The van der Waals surface area contributed by atoms with Crippen molar-refractivity contribution in [2.24, 2.45) is 0 Å². The molecule has 1 fully saturated rings. The summed E-state index contributed by atoms with van der Waals surface area (Å²) in [4.78, 5) is 0.188. The van der Waals surface area contributed by atoms with Crippen LogP contribution in [0.2, 0.25) is 0 Å². The van der Waals surface area contributed by atoms with Gasteiger partial charge in [0.15, 0.2) is 0 Å². The molecule has 2 aromatic rings. The molecule has 0 amide bonds. The zero-order chi connectivity index (χ0) is 23.7. The van der Waals surface area contributed by atoms with Crippen LogP contribution >= 0.6 is 0 Å². The maximum atomic E-state index is 13.4. The van der Waals surface area contributed by atoms with Gasteiger partial charge in [-0.15, -0.1) is 0 Å². The van der Waals surface area contributed by atoms with E-state index in [0.717, 1.165) is 11.1 Å². The molecule has 0 unspecified atom stereocenters. The van der Waals surface area contributed by atoms with Gasteiger partial charge >= 0.3 is 0 Å². The second-order valence-corrected chi connectivity index (χ2v) is 11.4. The van der Waals surface area contributed by atoms with E-state index >= 15 is 0 Å². The lowest BCUT2D eigenvalue weighted by Gasteiger charge is -2.26. The van der Waals surface area contributed by atoms with Gasteiger partial charge in [-0.1, -0.05) is 6.07 Å². The number of anilines is 1. The van der Waals surface area contributed by atoms with E-state index in [0.29, 0.717) is 30.9 Å². The molecule has 1 heterocycles. The number of nitrogens with zero attached hydrogens (tertiary/aromatic N) is 1. The van der Waals surface area contributed by atoms with Crippen LogP contribution in [0.5, 0.6) is 5.75 Å². The first-order valence-electron chi connectivity index (χ1n) is 10.4. The van der Waals surface area contributed by atoms with Gasteiger partial charge in [-0.05, 0) is 75.1 Å². The van der Waals surface area contributed by atoms with Crippen LogP contribution in [0.25, 0.3) is 0 Å². The summed E-state index contributed by atoms with van der Waals surface area (Å²) >= 11 is 0. The Kier molecular flexibility index (Phi) is 7.18. The van der Waals surface area contributed by atoms with Crippen molar-refractivity contribution in [2.45, 2.75) is 44.4 Å². The van der Waals surface area contributed by atoms with Crippen LogP contribution in [-0.4, -0.2) is 54.1 Å². The standard InChI is InChI=1S/C22H30N2O6S2/c1-6-30-21-8-7-19(32(27,28)24-9-11-29-12-10-24)14-20(21)23-31(25,26)22-17(4)15(2)13-16(3)18(22)5/h7-8,13-14,23H,6,9-12H2,1-5H3. The molecule has 0 bridgehead atoms. The van der Waals surface area contributed by atoms with E-state index in [1.807, 2.05) is 19.9 Å². The first kappa shape index (κ1) is 24.5. The number of ether oxygens (including phenoxy) is 2. The Bertz CT molecular complexity index is 1190. The van der Waals surface area contributed by atoms with E-state index in [9.17, 15) is 16.8 Å². The fraction of sp³-hybridized carbons (Fsp3) is 0.455. The van der Waals surface area contributed by atoms with E-state index < -0.39 is 20.0 Å². The molecule has 0 saturated carbocycles. The molecule has 1 saturated heterocycles. The van der Waals surface area contributed by atoms with Crippen LogP contribution in [0, 0.1) is 27.7 Å². The van der Waals surface area contributed by atoms with Gasteiger partial charge in [0, 0.05) is 13.1 Å². The van der Waals surface area contributed by atoms with Crippen LogP contribution in [0.3, 0.4) is 0 Å². The fourth-order valence-corrected chi connectivity index (χ4v) is 6.86. The van der Waals surface area contributed by atoms with Crippen molar-refractivity contribution in [3.63, 3.8) is 0 Å². The molecular weight excluding hydrogens is 452 g/mol. The Hall–Kier alpha value is -2.14. The molecule has 0 aromatic heterocycles. The Morgan fingerprint density at radius 2 is 1.56 bits per heavy atom. The van der Waals surface area contributed by atoms with Crippen LogP contribution in [0.1, 0.15) is 29.2 Å². The van der Waals surface area contributed by atoms with Crippen molar-refractivity contribution < 1.29 is 26.3 Å². The Labute approximate surface area is 190 Å². The van der Waals surface area contributed by atoms with Gasteiger partial charge < -0.3 is 9.47 Å². The summed E-state index contributed by atoms with van der Waals surface area (Å²) < 4.78 is 67.8. The number of morpholine rings is 1. The number of sulfonamides is 2. The highest BCUT2D eigenvalue weighted by Crippen LogP contribution is 2.33. The minimum absolute atomic E-state index is 0.00517. The van der Waals surface area contributed by atoms with Crippen LogP contribution < -0.4 is 9.46 Å². The molecule has 1 aliphatic heterocycles. The van der Waals surface area contributed by atoms with Gasteiger partial charge in [0.25, 0.3) is 10.0 Å². The zero-order valence-electron chi connectivity index (χ0n) is 19.1. The lowest BCUT2D eigenvalue weighted by Crippen LogP contribution is -2.40. The summed E-state index contributed by atoms with van der Waals surface area (Å²) in [6.07, 6.45) is 0. The van der Waals surface area contributed by atoms with Crippen molar-refractivity contribution in [1.82, 2.24) is 4.31 Å². The fourth-order valence-electron chi connectivity index (χ4n) is 3.75. The quantitative estimate of drug-likeness (QED) is 0.651. The average molecular weight is 483 g/mol. The first-order chi connectivity index (χ1) is 15.0. The number of rotatable bonds is 7. The summed E-state index contributed by atoms with van der Waals surface area (Å²) in [5.74, 6) is 0.261. The smallest absolute Gasteiger partial charge is 0.262 e. The number of benzene rings is 2. The van der Waals surface area contributed by atoms with Crippen molar-refractivity contribution in [1.29, 1.82) is 0 Å². The molecule has 176 valence electrons. The highest BCUT2D eigenvalue weighted by atomic mass is 32.2. The summed E-state index contributed by atoms with van der Waals surface area (Å²) in [6.45, 7) is 10.5. The van der Waals surface area contributed by atoms with Crippen LogP contribution in [0.4, 0.5) is 5.69 Å². The van der Waals surface area contributed by atoms with E-state index in [2.05, 4.69) is 4.72 Å². The molecular formula is C22H30N2O6S2. The van der Waals surface area contributed by atoms with Crippen molar-refractivity contribution >= 4 is 25.7 Å². The van der Waals surface area contributed by atoms with E-state index in [1.165, 1.54) is 22.5 Å². The molecule has 2 aromatic carbocycles. The maximum Gasteiger partial charge on any atom is 0.262 e. The van der Waals surface area contributed by atoms with Crippen molar-refractivity contribution in [2.75, 3.05) is 37.6 Å². The molecule has 32 heavy (non-hydrogen) atoms. The highest BCUT2D eigenvalue weighted by molar-refractivity contribution is 7.93. The molecule has 10 heteroatoms. The minimum Gasteiger partial charge on any atom is -0.492 e. The maximum absolute atomic E-state index is 13.4. The molecule has 0 radical (unpaired) electrons. The number of hydrogen-bond donors (Lipinski definition) is 1. The van der Waals surface area contributed by atoms with Crippen molar-refractivity contribution in [3.8, 4) is 5.75 Å². The summed E-state index contributed by atoms with van der Waals surface area (Å²) in [6, 6.07) is 6.18. The number of aryl methyl sites for hydroxylation is 2. The van der Waals surface area contributed by atoms with E-state index in [4.69, 9.17) is 9.47 Å². The average Bonchev–Trinajstić information content (AvgIpc) is 2.74. The Balaban J connectivity index is 2.08. The zero-order valence-corrected chi connectivity index (χ0v) is 20.7. The molecule has 0 atom stereocenters. The predicted octanol–water partition coefficient (Wildman–Crippen LogP) is 3.14. The molecule has 1 N–H and O–H groups in total. The van der Waals surface area contributed by atoms with Gasteiger partial charge in [-0.3, -0.25) is 4.72 Å². The van der Waals surface area contributed by atoms with Gasteiger partial charge in [-0.2, -0.15) is 4.31 Å². The van der Waals surface area contributed by atoms with E-state index in [-0.39, 0.29) is 34.3 Å². The third-order valence-electron chi connectivity index (χ3n) is 5.67. The topological polar surface area (TPSA) is 102 Å². The number of hydrogen-bond acceptors (Lipinski definition) is 6. The lowest BCUT2D eigenvalue weighted by molar-refractivity contribution is 0.0730. The van der Waals surface area contributed by atoms with Crippen molar-refractivity contribution in [3.05, 3.63) is 46.5 Å². The largest absolute Gasteiger partial charge is 0.492 e. The summed E-state index contributed by atoms with van der Waals surface area (Å²) in [5, 5.41) is 0. The second kappa shape index (κ2) is 9.38. The van der Waals surface area contributed by atoms with Crippen LogP contribution in [0.15, 0.2) is 34.1 Å². The monoisotopic (exact) mass is 482 g/mol. The predicted molar refractivity (Wildman–Crippen MR) is 123 cm³/mol. The Morgan fingerprint density at radius 3 is 2.12 bits per heavy atom. The van der Waals surface area contributed by atoms with Gasteiger partial charge in [0.05, 0.1) is 35.3 Å². The van der Waals surface area contributed by atoms with Crippen LogP contribution in [-0.2, 0) is 24.8 Å². The van der Waals surface area contributed by atoms with E-state index in [1.54, 1.807) is 20.8 Å². The third kappa shape index (κ3) is 4.78. The second-order valence-electron chi connectivity index (χ2n) is 7.80. The normalized spacial score (nSPS) is 15.5. The first-order valence-corrected chi connectivity index (χ1v) is 13.4. The third-order valence-corrected chi connectivity index (χ3v) is 9.20. The molecule has 3 rings (SSSR count). The summed E-state index contributed by atoms with van der Waals surface area (Å²) in [5.41, 5.74) is 3.11. The molecule has 8 nitrogen and oxygen atoms in total. The van der Waals surface area contributed by atoms with Gasteiger partial charge in [0.2, 0.25) is 10.0 Å². The summed E-state index contributed by atoms with van der Waals surface area (Å²) in [7, 11) is -7.81. The molecule has 0 spiro atoms. The number of nitrogens with one attached hydrogen (secondary N) is 1. The SMILES string of the molecule is CCOc1ccc(S(=O)(=O)N2CCOCC2)cc1NS(=O)(=O)c1c(C)c(C)cc(C)c1C. The minimum atomic E-state index is -4.01. The highest BCUT2D eigenvalue weighted by Gasteiger charge is 2.29. The van der Waals surface area contributed by atoms with Gasteiger partial charge in [0.1, 0.15) is 5.75 Å². The molecule has 0 aliphatic carbocycles. The Morgan fingerprint density at radius 1 is 0.969 bits per heavy atom. The molecule has 1 aliphatic rings. The lowest BCUT2D eigenvalue weighted by atomic mass is 10.0. The van der Waals surface area contributed by atoms with Gasteiger partial charge in [-0.25, -0.2) is 16.8 Å².